The number of rotatable bonds is 3. The Labute approximate surface area is 160 Å². The van der Waals surface area contributed by atoms with Gasteiger partial charge in [0, 0.05) is 12.0 Å². The minimum atomic E-state index is -0.698. The number of fused-ring (bicyclic) bond motifs is 6. The minimum absolute atomic E-state index is 0.0147. The van der Waals surface area contributed by atoms with Crippen molar-refractivity contribution in [1.29, 1.82) is 0 Å². The van der Waals surface area contributed by atoms with Crippen LogP contribution in [0.4, 0.5) is 0 Å². The fourth-order valence-corrected chi connectivity index (χ4v) is 4.89. The quantitative estimate of drug-likeness (QED) is 0.771. The Bertz CT molecular complexity index is 801. The minimum Gasteiger partial charge on any atom is -0.331 e. The average Bonchev–Trinajstić information content (AvgIpc) is 2.69. The Morgan fingerprint density at radius 1 is 1.19 bits per heavy atom. The first kappa shape index (κ1) is 18.2. The SMILES string of the molecule is CCC(C)(C)C(=O)C(=O)N1C2CCCC1C1c3ccccc3CCN1C2=O. The highest BCUT2D eigenvalue weighted by molar-refractivity contribution is 6.38. The van der Waals surface area contributed by atoms with E-state index in [1.54, 1.807) is 4.90 Å². The number of carbonyl (C=O) groups is 3. The molecule has 3 unspecified atom stereocenters. The molecule has 0 N–H and O–H groups in total. The average molecular weight is 368 g/mol. The zero-order valence-corrected chi connectivity index (χ0v) is 16.4. The number of benzene rings is 1. The highest BCUT2D eigenvalue weighted by Gasteiger charge is 2.54. The van der Waals surface area contributed by atoms with Crippen molar-refractivity contribution in [3.63, 3.8) is 0 Å². The molecule has 1 aromatic rings. The van der Waals surface area contributed by atoms with E-state index in [1.807, 2.05) is 37.8 Å². The topological polar surface area (TPSA) is 57.7 Å². The van der Waals surface area contributed by atoms with Crippen molar-refractivity contribution in [1.82, 2.24) is 9.80 Å². The summed E-state index contributed by atoms with van der Waals surface area (Å²) in [6.45, 7) is 6.25. The number of piperidine rings is 1. The van der Waals surface area contributed by atoms with E-state index in [4.69, 9.17) is 0 Å². The van der Waals surface area contributed by atoms with Crippen LogP contribution in [-0.4, -0.2) is 46.0 Å². The van der Waals surface area contributed by atoms with Crippen LogP contribution in [0.5, 0.6) is 0 Å². The second-order valence-corrected chi connectivity index (χ2v) is 8.72. The molecule has 3 atom stereocenters. The van der Waals surface area contributed by atoms with E-state index < -0.39 is 17.4 Å². The van der Waals surface area contributed by atoms with Gasteiger partial charge in [-0.25, -0.2) is 0 Å². The fraction of sp³-hybridized carbons (Fsp3) is 0.591. The van der Waals surface area contributed by atoms with E-state index in [0.29, 0.717) is 19.4 Å². The number of ketones is 1. The Hall–Kier alpha value is -2.17. The van der Waals surface area contributed by atoms with Crippen LogP contribution in [0.25, 0.3) is 0 Å². The van der Waals surface area contributed by atoms with Gasteiger partial charge < -0.3 is 9.80 Å². The monoisotopic (exact) mass is 368 g/mol. The number of Topliss-reactive ketones (excluding diaryl/α,β-unsaturated/α-hetero) is 1. The van der Waals surface area contributed by atoms with E-state index in [2.05, 4.69) is 12.1 Å². The van der Waals surface area contributed by atoms with Gasteiger partial charge in [-0.3, -0.25) is 14.4 Å². The third kappa shape index (κ3) is 2.70. The van der Waals surface area contributed by atoms with Crippen molar-refractivity contribution in [2.24, 2.45) is 5.41 Å². The molecule has 3 heterocycles. The zero-order valence-electron chi connectivity index (χ0n) is 16.4. The van der Waals surface area contributed by atoms with Crippen LogP contribution >= 0.6 is 0 Å². The lowest BCUT2D eigenvalue weighted by Gasteiger charge is -2.55. The first-order valence-corrected chi connectivity index (χ1v) is 10.1. The number of carbonyl (C=O) groups excluding carboxylic acids is 3. The fourth-order valence-electron chi connectivity index (χ4n) is 4.89. The lowest BCUT2D eigenvalue weighted by molar-refractivity contribution is -0.170. The van der Waals surface area contributed by atoms with Gasteiger partial charge in [-0.2, -0.15) is 0 Å². The molecule has 0 radical (unpaired) electrons. The maximum atomic E-state index is 13.3. The predicted octanol–water partition coefficient (Wildman–Crippen LogP) is 2.88. The predicted molar refractivity (Wildman–Crippen MR) is 102 cm³/mol. The number of hydrogen-bond acceptors (Lipinski definition) is 3. The molecule has 2 fully saturated rings. The van der Waals surface area contributed by atoms with Crippen molar-refractivity contribution in [3.8, 4) is 0 Å². The second-order valence-electron chi connectivity index (χ2n) is 8.72. The molecule has 1 aromatic carbocycles. The summed E-state index contributed by atoms with van der Waals surface area (Å²) in [5.74, 6) is -0.819. The van der Waals surface area contributed by atoms with Crippen molar-refractivity contribution >= 4 is 17.6 Å². The van der Waals surface area contributed by atoms with Gasteiger partial charge in [0.15, 0.2) is 0 Å². The van der Waals surface area contributed by atoms with Crippen molar-refractivity contribution in [2.45, 2.75) is 71.0 Å². The molecule has 5 heteroatoms. The van der Waals surface area contributed by atoms with E-state index in [-0.39, 0.29) is 23.8 Å². The summed E-state index contributed by atoms with van der Waals surface area (Å²) in [4.78, 5) is 43.1. The summed E-state index contributed by atoms with van der Waals surface area (Å²) in [7, 11) is 0. The van der Waals surface area contributed by atoms with E-state index >= 15 is 0 Å². The molecule has 3 aliphatic rings. The third-order valence-corrected chi connectivity index (χ3v) is 6.86. The number of nitrogens with zero attached hydrogens (tertiary/aromatic N) is 2. The molecule has 3 aliphatic heterocycles. The molecular formula is C22H28N2O3. The Morgan fingerprint density at radius 2 is 1.93 bits per heavy atom. The Kier molecular flexibility index (Phi) is 4.36. The van der Waals surface area contributed by atoms with Gasteiger partial charge in [0.05, 0.1) is 12.1 Å². The largest absolute Gasteiger partial charge is 0.331 e. The lowest BCUT2D eigenvalue weighted by atomic mass is 9.77. The molecule has 144 valence electrons. The molecule has 0 aliphatic carbocycles. The van der Waals surface area contributed by atoms with E-state index in [1.165, 1.54) is 5.56 Å². The normalized spacial score (nSPS) is 27.1. The molecule has 27 heavy (non-hydrogen) atoms. The summed E-state index contributed by atoms with van der Waals surface area (Å²) in [6.07, 6.45) is 3.88. The van der Waals surface area contributed by atoms with Crippen LogP contribution in [-0.2, 0) is 20.8 Å². The summed E-state index contributed by atoms with van der Waals surface area (Å²) in [5, 5.41) is 0. The van der Waals surface area contributed by atoms with Crippen LogP contribution in [0.2, 0.25) is 0 Å². The lowest BCUT2D eigenvalue weighted by Crippen LogP contribution is -2.68. The molecule has 2 bridgehead atoms. The number of amides is 2. The molecular weight excluding hydrogens is 340 g/mol. The molecule has 2 saturated heterocycles. The number of piperazine rings is 1. The van der Waals surface area contributed by atoms with Gasteiger partial charge >= 0.3 is 0 Å². The van der Waals surface area contributed by atoms with Crippen LogP contribution in [0.1, 0.15) is 63.6 Å². The van der Waals surface area contributed by atoms with Crippen molar-refractivity contribution in [2.75, 3.05) is 6.54 Å². The van der Waals surface area contributed by atoms with Gasteiger partial charge in [-0.05, 0) is 43.2 Å². The standard InChI is InChI=1S/C22H28N2O3/c1-4-22(2,3)19(25)21(27)24-16-10-7-11-17(24)20(26)23-13-12-14-8-5-6-9-15(14)18(16)23/h5-6,8-9,16-18H,4,7,10-13H2,1-3H3. The molecule has 4 rings (SSSR count). The Morgan fingerprint density at radius 3 is 2.67 bits per heavy atom. The van der Waals surface area contributed by atoms with Crippen LogP contribution in [0.15, 0.2) is 24.3 Å². The highest BCUT2D eigenvalue weighted by atomic mass is 16.2. The molecule has 2 amide bonds. The van der Waals surface area contributed by atoms with Gasteiger partial charge in [0.25, 0.3) is 5.91 Å². The van der Waals surface area contributed by atoms with Crippen molar-refractivity contribution in [3.05, 3.63) is 35.4 Å². The molecule has 0 saturated carbocycles. The first-order valence-electron chi connectivity index (χ1n) is 10.1. The summed E-state index contributed by atoms with van der Waals surface area (Å²) in [5.41, 5.74) is 1.70. The maximum absolute atomic E-state index is 13.3. The summed E-state index contributed by atoms with van der Waals surface area (Å²) >= 11 is 0. The van der Waals surface area contributed by atoms with Crippen LogP contribution < -0.4 is 0 Å². The zero-order chi connectivity index (χ0) is 19.3. The second kappa shape index (κ2) is 6.47. The van der Waals surface area contributed by atoms with E-state index in [0.717, 1.165) is 24.8 Å². The molecule has 5 nitrogen and oxygen atoms in total. The van der Waals surface area contributed by atoms with E-state index in [9.17, 15) is 14.4 Å². The third-order valence-electron chi connectivity index (χ3n) is 6.86. The van der Waals surface area contributed by atoms with Gasteiger partial charge in [-0.1, -0.05) is 45.0 Å². The maximum Gasteiger partial charge on any atom is 0.291 e. The van der Waals surface area contributed by atoms with Gasteiger partial charge in [-0.15, -0.1) is 0 Å². The van der Waals surface area contributed by atoms with Gasteiger partial charge in [0.2, 0.25) is 11.7 Å². The van der Waals surface area contributed by atoms with Crippen LogP contribution in [0, 0.1) is 5.41 Å². The highest BCUT2D eigenvalue weighted by Crippen LogP contribution is 2.44. The number of hydrogen-bond donors (Lipinski definition) is 0. The van der Waals surface area contributed by atoms with Crippen LogP contribution in [0.3, 0.4) is 0 Å². The molecule has 0 aromatic heterocycles. The summed E-state index contributed by atoms with van der Waals surface area (Å²) < 4.78 is 0. The smallest absolute Gasteiger partial charge is 0.291 e. The Balaban J connectivity index is 1.76. The summed E-state index contributed by atoms with van der Waals surface area (Å²) in [6, 6.07) is 7.51. The van der Waals surface area contributed by atoms with Gasteiger partial charge in [0.1, 0.15) is 6.04 Å². The van der Waals surface area contributed by atoms with Crippen molar-refractivity contribution < 1.29 is 14.4 Å². The molecule has 0 spiro atoms. The first-order chi connectivity index (χ1) is 12.9.